The Balaban J connectivity index is 1.56. The monoisotopic (exact) mass is 424 g/mol. The smallest absolute Gasteiger partial charge is 0.257 e. The highest BCUT2D eigenvalue weighted by atomic mass is 19.1. The molecule has 0 radical (unpaired) electrons. The Morgan fingerprint density at radius 3 is 2.39 bits per heavy atom. The number of carbonyl (C=O) groups is 1. The zero-order valence-electron chi connectivity index (χ0n) is 18.1. The molecule has 31 heavy (non-hydrogen) atoms. The summed E-state index contributed by atoms with van der Waals surface area (Å²) < 4.78 is 19.7. The van der Waals surface area contributed by atoms with Gasteiger partial charge in [0.15, 0.2) is 0 Å². The van der Waals surface area contributed by atoms with Gasteiger partial charge in [0.2, 0.25) is 0 Å². The maximum absolute atomic E-state index is 14.4. The summed E-state index contributed by atoms with van der Waals surface area (Å²) in [6.45, 7) is 7.17. The number of amides is 1. The summed E-state index contributed by atoms with van der Waals surface area (Å²) in [5.41, 5.74) is 2.01. The summed E-state index contributed by atoms with van der Waals surface area (Å²) in [6, 6.07) is 14.0. The number of piperazine rings is 1. The van der Waals surface area contributed by atoms with Crippen molar-refractivity contribution in [3.63, 3.8) is 0 Å². The maximum Gasteiger partial charge on any atom is 0.257 e. The van der Waals surface area contributed by atoms with Gasteiger partial charge in [-0.3, -0.25) is 9.69 Å². The van der Waals surface area contributed by atoms with Crippen LogP contribution in [0.2, 0.25) is 0 Å². The van der Waals surface area contributed by atoms with Crippen molar-refractivity contribution in [2.75, 3.05) is 46.4 Å². The first-order valence-electron chi connectivity index (χ1n) is 10.8. The van der Waals surface area contributed by atoms with E-state index in [2.05, 4.69) is 21.8 Å². The van der Waals surface area contributed by atoms with Gasteiger partial charge in [-0.05, 0) is 30.3 Å². The van der Waals surface area contributed by atoms with Crippen LogP contribution in [0.1, 0.15) is 30.5 Å². The molecule has 4 rings (SSSR count). The third kappa shape index (κ3) is 4.78. The Kier molecular flexibility index (Phi) is 6.63. The predicted molar refractivity (Wildman–Crippen MR) is 119 cm³/mol. The zero-order valence-corrected chi connectivity index (χ0v) is 18.1. The minimum absolute atomic E-state index is 0.0582. The lowest BCUT2D eigenvalue weighted by Gasteiger charge is -2.34. The van der Waals surface area contributed by atoms with E-state index in [4.69, 9.17) is 4.74 Å². The minimum Gasteiger partial charge on any atom is -0.497 e. The second-order valence-corrected chi connectivity index (χ2v) is 7.97. The van der Waals surface area contributed by atoms with Crippen molar-refractivity contribution >= 4 is 11.6 Å². The van der Waals surface area contributed by atoms with Crippen molar-refractivity contribution in [1.29, 1.82) is 0 Å². The SMILES string of the molecule is CCN1CCN(CC(=O)N2N=C(c3ccccc3F)C[C@H]2c2ccc(OC)cc2)CC1. The Bertz CT molecular complexity index is 939. The van der Waals surface area contributed by atoms with Crippen molar-refractivity contribution in [2.24, 2.45) is 5.10 Å². The van der Waals surface area contributed by atoms with Gasteiger partial charge in [-0.15, -0.1) is 0 Å². The van der Waals surface area contributed by atoms with Gasteiger partial charge in [-0.2, -0.15) is 5.10 Å². The van der Waals surface area contributed by atoms with Crippen molar-refractivity contribution in [3.05, 3.63) is 65.5 Å². The first kappa shape index (κ1) is 21.5. The second kappa shape index (κ2) is 9.58. The van der Waals surface area contributed by atoms with Crippen LogP contribution in [-0.2, 0) is 4.79 Å². The number of hydrogen-bond donors (Lipinski definition) is 0. The predicted octanol–water partition coefficient (Wildman–Crippen LogP) is 3.15. The van der Waals surface area contributed by atoms with E-state index >= 15 is 0 Å². The lowest BCUT2D eigenvalue weighted by atomic mass is 9.98. The summed E-state index contributed by atoms with van der Waals surface area (Å²) >= 11 is 0. The molecule has 1 atom stereocenters. The molecule has 1 fully saturated rings. The molecule has 2 aromatic carbocycles. The summed E-state index contributed by atoms with van der Waals surface area (Å²) in [5.74, 6) is 0.375. The molecule has 164 valence electrons. The van der Waals surface area contributed by atoms with E-state index in [9.17, 15) is 9.18 Å². The second-order valence-electron chi connectivity index (χ2n) is 7.97. The van der Waals surface area contributed by atoms with Gasteiger partial charge < -0.3 is 9.64 Å². The van der Waals surface area contributed by atoms with Crippen molar-refractivity contribution < 1.29 is 13.9 Å². The van der Waals surface area contributed by atoms with E-state index in [1.807, 2.05) is 24.3 Å². The van der Waals surface area contributed by atoms with Crippen molar-refractivity contribution in [1.82, 2.24) is 14.8 Å². The number of rotatable bonds is 6. The van der Waals surface area contributed by atoms with Crippen molar-refractivity contribution in [3.8, 4) is 5.75 Å². The molecule has 6 nitrogen and oxygen atoms in total. The zero-order chi connectivity index (χ0) is 21.8. The van der Waals surface area contributed by atoms with Gasteiger partial charge in [-0.25, -0.2) is 9.40 Å². The summed E-state index contributed by atoms with van der Waals surface area (Å²) in [6.07, 6.45) is 0.475. The van der Waals surface area contributed by atoms with Crippen LogP contribution in [0.25, 0.3) is 0 Å². The number of ether oxygens (including phenoxy) is 1. The third-order valence-electron chi connectivity index (χ3n) is 6.12. The highest BCUT2D eigenvalue weighted by molar-refractivity contribution is 6.03. The number of nitrogens with zero attached hydrogens (tertiary/aromatic N) is 4. The number of halogens is 1. The van der Waals surface area contributed by atoms with Crippen LogP contribution in [-0.4, -0.2) is 72.8 Å². The molecule has 2 heterocycles. The van der Waals surface area contributed by atoms with Gasteiger partial charge in [-0.1, -0.05) is 37.3 Å². The van der Waals surface area contributed by atoms with Gasteiger partial charge >= 0.3 is 0 Å². The van der Waals surface area contributed by atoms with E-state index in [-0.39, 0.29) is 17.8 Å². The Morgan fingerprint density at radius 2 is 1.74 bits per heavy atom. The van der Waals surface area contributed by atoms with Crippen LogP contribution in [0.3, 0.4) is 0 Å². The molecular weight excluding hydrogens is 395 g/mol. The summed E-state index contributed by atoms with van der Waals surface area (Å²) in [4.78, 5) is 17.8. The van der Waals surface area contributed by atoms with E-state index in [0.29, 0.717) is 24.2 Å². The molecule has 1 amide bonds. The Labute approximate surface area is 182 Å². The lowest BCUT2D eigenvalue weighted by molar-refractivity contribution is -0.134. The number of hydrazone groups is 1. The lowest BCUT2D eigenvalue weighted by Crippen LogP contribution is -2.49. The first-order chi connectivity index (χ1) is 15.1. The first-order valence-corrected chi connectivity index (χ1v) is 10.8. The summed E-state index contributed by atoms with van der Waals surface area (Å²) in [5, 5.41) is 6.16. The maximum atomic E-state index is 14.4. The molecule has 0 aliphatic carbocycles. The molecule has 2 aliphatic rings. The highest BCUT2D eigenvalue weighted by Gasteiger charge is 2.34. The normalized spacial score (nSPS) is 20.0. The Morgan fingerprint density at radius 1 is 1.06 bits per heavy atom. The number of likely N-dealkylation sites (N-methyl/N-ethyl adjacent to an activating group) is 1. The summed E-state index contributed by atoms with van der Waals surface area (Å²) in [7, 11) is 1.62. The van der Waals surface area contributed by atoms with Crippen molar-refractivity contribution in [2.45, 2.75) is 19.4 Å². The molecule has 2 aliphatic heterocycles. The molecule has 0 unspecified atom stereocenters. The van der Waals surface area contributed by atoms with Crippen LogP contribution in [0.5, 0.6) is 5.75 Å². The molecule has 0 saturated carbocycles. The Hall–Kier alpha value is -2.77. The molecule has 1 saturated heterocycles. The van der Waals surface area contributed by atoms with E-state index in [1.54, 1.807) is 30.3 Å². The topological polar surface area (TPSA) is 48.4 Å². The van der Waals surface area contributed by atoms with E-state index in [0.717, 1.165) is 44.0 Å². The van der Waals surface area contributed by atoms with Gasteiger partial charge in [0.05, 0.1) is 25.4 Å². The highest BCUT2D eigenvalue weighted by Crippen LogP contribution is 2.34. The fourth-order valence-corrected chi connectivity index (χ4v) is 4.21. The minimum atomic E-state index is -0.320. The van der Waals surface area contributed by atoms with Crippen LogP contribution in [0.15, 0.2) is 53.6 Å². The molecule has 0 aromatic heterocycles. The number of hydrogen-bond acceptors (Lipinski definition) is 5. The molecule has 0 spiro atoms. The van der Waals surface area contributed by atoms with Crippen LogP contribution in [0.4, 0.5) is 4.39 Å². The third-order valence-corrected chi connectivity index (χ3v) is 6.12. The van der Waals surface area contributed by atoms with Crippen LogP contribution in [0, 0.1) is 5.82 Å². The fourth-order valence-electron chi connectivity index (χ4n) is 4.21. The molecular formula is C24H29FN4O2. The largest absolute Gasteiger partial charge is 0.497 e. The quantitative estimate of drug-likeness (QED) is 0.715. The molecule has 7 heteroatoms. The van der Waals surface area contributed by atoms with Gasteiger partial charge in [0.1, 0.15) is 11.6 Å². The van der Waals surface area contributed by atoms with Gasteiger partial charge in [0.25, 0.3) is 5.91 Å². The van der Waals surface area contributed by atoms with Crippen LogP contribution >= 0.6 is 0 Å². The number of methoxy groups -OCH3 is 1. The number of benzene rings is 2. The van der Waals surface area contributed by atoms with Gasteiger partial charge in [0, 0.05) is 38.2 Å². The fraction of sp³-hybridized carbons (Fsp3) is 0.417. The van der Waals surface area contributed by atoms with Crippen LogP contribution < -0.4 is 4.74 Å². The molecule has 0 bridgehead atoms. The van der Waals surface area contributed by atoms with E-state index < -0.39 is 0 Å². The average molecular weight is 425 g/mol. The van der Waals surface area contributed by atoms with E-state index in [1.165, 1.54) is 6.07 Å². The standard InChI is InChI=1S/C24H29FN4O2/c1-3-27-12-14-28(15-13-27)17-24(30)29-23(18-8-10-19(31-2)11-9-18)16-22(26-29)20-6-4-5-7-21(20)25/h4-11,23H,3,12-17H2,1-2H3/t23-/m0/s1. The molecule has 2 aromatic rings. The average Bonchev–Trinajstić information content (AvgIpc) is 3.25. The number of carbonyl (C=O) groups excluding carboxylic acids is 1. The molecule has 0 N–H and O–H groups in total.